The number of benzene rings is 2. The number of hydrogen-bond donors (Lipinski definition) is 3. The number of anilines is 2. The largest absolute Gasteiger partial charge is 0.478 e. The summed E-state index contributed by atoms with van der Waals surface area (Å²) in [6, 6.07) is 8.67. The molecule has 1 aliphatic rings. The van der Waals surface area contributed by atoms with E-state index in [1.807, 2.05) is 9.80 Å². The monoisotopic (exact) mass is 492 g/mol. The first kappa shape index (κ1) is 25.4. The number of halogens is 1. The van der Waals surface area contributed by atoms with Gasteiger partial charge in [-0.2, -0.15) is 0 Å². The molecular formula is C23H29FN4O5S. The summed E-state index contributed by atoms with van der Waals surface area (Å²) < 4.78 is 40.6. The van der Waals surface area contributed by atoms with E-state index in [4.69, 9.17) is 0 Å². The molecule has 184 valence electrons. The molecule has 0 atom stereocenters. The zero-order valence-electron chi connectivity index (χ0n) is 19.0. The minimum atomic E-state index is -4.01. The number of hydrogen-bond acceptors (Lipinski definition) is 6. The smallest absolute Gasteiger partial charge is 0.337 e. The van der Waals surface area contributed by atoms with Crippen LogP contribution in [0.15, 0.2) is 47.4 Å². The third-order valence-electron chi connectivity index (χ3n) is 5.54. The van der Waals surface area contributed by atoms with Crippen molar-refractivity contribution in [3.05, 3.63) is 53.8 Å². The molecule has 2 aromatic rings. The molecule has 0 saturated carbocycles. The van der Waals surface area contributed by atoms with E-state index in [-0.39, 0.29) is 22.1 Å². The van der Waals surface area contributed by atoms with Gasteiger partial charge in [0, 0.05) is 38.4 Å². The number of piperazine rings is 1. The van der Waals surface area contributed by atoms with Crippen molar-refractivity contribution < 1.29 is 27.5 Å². The Morgan fingerprint density at radius 3 is 2.35 bits per heavy atom. The maximum absolute atomic E-state index is 13.1. The number of nitrogens with zero attached hydrogens (tertiary/aromatic N) is 2. The summed E-state index contributed by atoms with van der Waals surface area (Å²) in [5, 5.41) is 12.6. The Bertz CT molecular complexity index is 1120. The Balaban J connectivity index is 1.66. The summed E-state index contributed by atoms with van der Waals surface area (Å²) in [5.41, 5.74) is 0.530. The van der Waals surface area contributed by atoms with Gasteiger partial charge in [-0.1, -0.05) is 13.3 Å². The SMILES string of the molecule is CCCCNC(=O)CN1CCN(c2ccc(NS(=O)(=O)c3ccc(F)cc3)cc2C(=O)O)CC1. The molecule has 0 radical (unpaired) electrons. The molecule has 0 bridgehead atoms. The fraction of sp³-hybridized carbons (Fsp3) is 0.391. The van der Waals surface area contributed by atoms with E-state index in [1.165, 1.54) is 12.1 Å². The van der Waals surface area contributed by atoms with Gasteiger partial charge in [-0.05, 0) is 48.9 Å². The summed E-state index contributed by atoms with van der Waals surface area (Å²) in [4.78, 5) is 27.7. The predicted molar refractivity (Wildman–Crippen MR) is 127 cm³/mol. The van der Waals surface area contributed by atoms with Gasteiger partial charge < -0.3 is 15.3 Å². The highest BCUT2D eigenvalue weighted by Gasteiger charge is 2.24. The van der Waals surface area contributed by atoms with Crippen molar-refractivity contribution in [1.29, 1.82) is 0 Å². The lowest BCUT2D eigenvalue weighted by atomic mass is 10.1. The van der Waals surface area contributed by atoms with Gasteiger partial charge in [0.25, 0.3) is 10.0 Å². The second-order valence-electron chi connectivity index (χ2n) is 8.06. The number of aromatic carboxylic acids is 1. The highest BCUT2D eigenvalue weighted by atomic mass is 32.2. The van der Waals surface area contributed by atoms with Crippen LogP contribution in [0.2, 0.25) is 0 Å². The van der Waals surface area contributed by atoms with Crippen molar-refractivity contribution in [3.8, 4) is 0 Å². The first-order valence-corrected chi connectivity index (χ1v) is 12.6. The van der Waals surface area contributed by atoms with E-state index in [1.54, 1.807) is 6.07 Å². The molecule has 34 heavy (non-hydrogen) atoms. The standard InChI is InChI=1S/C23H29FN4O5S/c1-2-3-10-25-22(29)16-27-11-13-28(14-12-27)21-9-6-18(15-20(21)23(30)31)26-34(32,33)19-7-4-17(24)5-8-19/h4-9,15,26H,2-3,10-14,16H2,1H3,(H,25,29)(H,30,31). The van der Waals surface area contributed by atoms with Crippen LogP contribution in [0.25, 0.3) is 0 Å². The van der Waals surface area contributed by atoms with Gasteiger partial charge >= 0.3 is 5.97 Å². The van der Waals surface area contributed by atoms with Gasteiger partial charge in [-0.15, -0.1) is 0 Å². The molecule has 1 fully saturated rings. The quantitative estimate of drug-likeness (QED) is 0.436. The number of unbranched alkanes of at least 4 members (excludes halogenated alkanes) is 1. The number of nitrogens with one attached hydrogen (secondary N) is 2. The van der Waals surface area contributed by atoms with E-state index in [0.29, 0.717) is 45.0 Å². The van der Waals surface area contributed by atoms with Crippen molar-refractivity contribution in [3.63, 3.8) is 0 Å². The highest BCUT2D eigenvalue weighted by Crippen LogP contribution is 2.27. The summed E-state index contributed by atoms with van der Waals surface area (Å²) in [5.74, 6) is -1.77. The van der Waals surface area contributed by atoms with Crippen LogP contribution >= 0.6 is 0 Å². The average Bonchev–Trinajstić information content (AvgIpc) is 2.80. The van der Waals surface area contributed by atoms with Crippen molar-refractivity contribution in [2.45, 2.75) is 24.7 Å². The lowest BCUT2D eigenvalue weighted by Gasteiger charge is -2.36. The summed E-state index contributed by atoms with van der Waals surface area (Å²) in [7, 11) is -4.01. The molecule has 9 nitrogen and oxygen atoms in total. The Hall–Kier alpha value is -3.18. The molecule has 0 aromatic heterocycles. The first-order valence-electron chi connectivity index (χ1n) is 11.1. The van der Waals surface area contributed by atoms with E-state index < -0.39 is 21.8 Å². The molecule has 0 aliphatic carbocycles. The zero-order valence-corrected chi connectivity index (χ0v) is 19.8. The first-order chi connectivity index (χ1) is 16.2. The van der Waals surface area contributed by atoms with Crippen LogP contribution in [0.5, 0.6) is 0 Å². The van der Waals surface area contributed by atoms with E-state index >= 15 is 0 Å². The minimum Gasteiger partial charge on any atom is -0.478 e. The molecule has 0 unspecified atom stereocenters. The van der Waals surface area contributed by atoms with Crippen LogP contribution < -0.4 is 14.9 Å². The third-order valence-corrected chi connectivity index (χ3v) is 6.93. The highest BCUT2D eigenvalue weighted by molar-refractivity contribution is 7.92. The van der Waals surface area contributed by atoms with Crippen molar-refractivity contribution in [1.82, 2.24) is 10.2 Å². The Morgan fingerprint density at radius 1 is 1.06 bits per heavy atom. The van der Waals surface area contributed by atoms with Gasteiger partial charge in [0.05, 0.1) is 22.7 Å². The van der Waals surface area contributed by atoms with Crippen LogP contribution in [-0.4, -0.2) is 69.6 Å². The van der Waals surface area contributed by atoms with Gasteiger partial charge in [0.2, 0.25) is 5.91 Å². The van der Waals surface area contributed by atoms with Crippen molar-refractivity contribution >= 4 is 33.3 Å². The second kappa shape index (κ2) is 11.3. The van der Waals surface area contributed by atoms with Gasteiger partial charge in [-0.25, -0.2) is 17.6 Å². The van der Waals surface area contributed by atoms with Crippen LogP contribution in [0.1, 0.15) is 30.1 Å². The molecule has 0 spiro atoms. The fourth-order valence-electron chi connectivity index (χ4n) is 3.68. The van der Waals surface area contributed by atoms with E-state index in [0.717, 1.165) is 37.1 Å². The third kappa shape index (κ3) is 6.67. The molecule has 1 saturated heterocycles. The Kier molecular flexibility index (Phi) is 8.46. The molecule has 11 heteroatoms. The summed E-state index contributed by atoms with van der Waals surface area (Å²) in [6.45, 7) is 5.27. The lowest BCUT2D eigenvalue weighted by Crippen LogP contribution is -2.49. The molecule has 1 heterocycles. The topological polar surface area (TPSA) is 119 Å². The minimum absolute atomic E-state index is 0.0223. The number of carbonyl (C=O) groups excluding carboxylic acids is 1. The lowest BCUT2D eigenvalue weighted by molar-refractivity contribution is -0.122. The number of amides is 1. The van der Waals surface area contributed by atoms with Gasteiger partial charge in [0.15, 0.2) is 0 Å². The number of carbonyl (C=O) groups is 2. The normalized spacial score (nSPS) is 14.6. The molecule has 1 amide bonds. The molecule has 1 aliphatic heterocycles. The molecule has 3 rings (SSSR count). The van der Waals surface area contributed by atoms with Crippen LogP contribution in [0.3, 0.4) is 0 Å². The van der Waals surface area contributed by atoms with E-state index in [9.17, 15) is 27.5 Å². The van der Waals surface area contributed by atoms with Crippen molar-refractivity contribution in [2.24, 2.45) is 0 Å². The fourth-order valence-corrected chi connectivity index (χ4v) is 4.73. The van der Waals surface area contributed by atoms with Gasteiger partial charge in [-0.3, -0.25) is 14.4 Å². The van der Waals surface area contributed by atoms with E-state index in [2.05, 4.69) is 17.0 Å². The number of carboxylic acid groups (broad SMARTS) is 1. The Morgan fingerprint density at radius 2 is 1.74 bits per heavy atom. The number of sulfonamides is 1. The second-order valence-corrected chi connectivity index (χ2v) is 9.75. The van der Waals surface area contributed by atoms with Crippen LogP contribution in [-0.2, 0) is 14.8 Å². The Labute approximate surface area is 198 Å². The number of rotatable bonds is 10. The maximum Gasteiger partial charge on any atom is 0.337 e. The number of carboxylic acids is 1. The molecular weight excluding hydrogens is 463 g/mol. The average molecular weight is 493 g/mol. The van der Waals surface area contributed by atoms with Gasteiger partial charge in [0.1, 0.15) is 5.82 Å². The summed E-state index contributed by atoms with van der Waals surface area (Å²) >= 11 is 0. The van der Waals surface area contributed by atoms with Crippen LogP contribution in [0.4, 0.5) is 15.8 Å². The molecule has 2 aromatic carbocycles. The summed E-state index contributed by atoms with van der Waals surface area (Å²) in [6.07, 6.45) is 1.95. The maximum atomic E-state index is 13.1. The zero-order chi connectivity index (χ0) is 24.7. The molecule has 3 N–H and O–H groups in total. The van der Waals surface area contributed by atoms with Crippen LogP contribution in [0, 0.1) is 5.82 Å². The predicted octanol–water partition coefficient (Wildman–Crippen LogP) is 2.36. The van der Waals surface area contributed by atoms with Crippen molar-refractivity contribution in [2.75, 3.05) is 48.9 Å².